The van der Waals surface area contributed by atoms with Gasteiger partial charge in [-0.3, -0.25) is 4.79 Å². The van der Waals surface area contributed by atoms with E-state index in [0.717, 1.165) is 24.7 Å². The fourth-order valence-electron chi connectivity index (χ4n) is 9.73. The van der Waals surface area contributed by atoms with Gasteiger partial charge in [0.2, 0.25) is 3.79 Å². The topological polar surface area (TPSA) is 138 Å². The molecule has 0 radical (unpaired) electrons. The first-order valence-electron chi connectivity index (χ1n) is 14.9. The lowest BCUT2D eigenvalue weighted by atomic mass is 9.43. The van der Waals surface area contributed by atoms with E-state index in [9.17, 15) is 24.6 Å². The Bertz CT molecular complexity index is 1160. The number of alkyl halides is 3. The van der Waals surface area contributed by atoms with E-state index >= 15 is 0 Å². The standard InChI is InChI=1S/C30H41Cl3O10/c1-14(2)20-8-17-9-27(11-34)19-7-6-15(3)18(19)10-28(17,30(20,27)25(36)37)12-40-24-23(21(35)22(39-5)16(4)42-24)43-26(38)41-13-29(31,32)33/h8,11,14-19,21-24,35H,6-7,9-10,12-13H2,1-5H3,(H,36,37)/t15?,16-,17?,18?,19?,21-,22-,23+,24-,27?,28?,30?/m1/s1. The van der Waals surface area contributed by atoms with Gasteiger partial charge in [-0.15, -0.1) is 0 Å². The molecule has 4 fully saturated rings. The lowest BCUT2D eigenvalue weighted by Crippen LogP contribution is -2.64. The predicted molar refractivity (Wildman–Crippen MR) is 156 cm³/mol. The summed E-state index contributed by atoms with van der Waals surface area (Å²) in [7, 11) is 1.39. The number of methoxy groups -OCH3 is 1. The Kier molecular flexibility index (Phi) is 8.95. The monoisotopic (exact) mass is 666 g/mol. The number of carbonyl (C=O) groups is 3. The van der Waals surface area contributed by atoms with Crippen molar-refractivity contribution in [3.8, 4) is 0 Å². The molecule has 7 unspecified atom stereocenters. The average Bonchev–Trinajstić information content (AvgIpc) is 3.50. The zero-order valence-electron chi connectivity index (χ0n) is 25.0. The summed E-state index contributed by atoms with van der Waals surface area (Å²) in [4.78, 5) is 39.5. The fourth-order valence-corrected chi connectivity index (χ4v) is 9.90. The highest BCUT2D eigenvalue weighted by atomic mass is 35.6. The molecule has 4 bridgehead atoms. The summed E-state index contributed by atoms with van der Waals surface area (Å²) < 4.78 is 26.4. The number of halogens is 3. The van der Waals surface area contributed by atoms with Crippen molar-refractivity contribution >= 4 is 53.2 Å². The molecule has 1 heterocycles. The molecule has 5 rings (SSSR count). The van der Waals surface area contributed by atoms with Crippen molar-refractivity contribution < 1.29 is 48.3 Å². The lowest BCUT2D eigenvalue weighted by Gasteiger charge is -2.58. The van der Waals surface area contributed by atoms with Crippen LogP contribution in [0.1, 0.15) is 53.4 Å². The molecule has 5 aliphatic rings. The number of allylic oxidation sites excluding steroid dienone is 1. The van der Waals surface area contributed by atoms with Crippen molar-refractivity contribution in [2.45, 2.75) is 87.9 Å². The number of aliphatic carboxylic acids is 1. The number of fused-ring (bicyclic) bond motifs is 2. The Morgan fingerprint density at radius 3 is 2.47 bits per heavy atom. The van der Waals surface area contributed by atoms with Gasteiger partial charge in [0.25, 0.3) is 0 Å². The van der Waals surface area contributed by atoms with Gasteiger partial charge in [0, 0.05) is 12.5 Å². The van der Waals surface area contributed by atoms with Crippen molar-refractivity contribution in [1.82, 2.24) is 0 Å². The van der Waals surface area contributed by atoms with Crippen LogP contribution in [-0.2, 0) is 33.3 Å². The Labute approximate surface area is 266 Å². The quantitative estimate of drug-likeness (QED) is 0.151. The van der Waals surface area contributed by atoms with Crippen LogP contribution in [0.4, 0.5) is 4.79 Å². The van der Waals surface area contributed by atoms with Gasteiger partial charge in [-0.05, 0) is 55.8 Å². The van der Waals surface area contributed by atoms with Crippen LogP contribution >= 0.6 is 34.8 Å². The second-order valence-corrected chi connectivity index (χ2v) is 15.9. The molecule has 0 aromatic rings. The number of hydrogen-bond donors (Lipinski definition) is 2. The molecule has 2 N–H and O–H groups in total. The number of carboxylic acids is 1. The van der Waals surface area contributed by atoms with Crippen LogP contribution in [0.5, 0.6) is 0 Å². The van der Waals surface area contributed by atoms with Gasteiger partial charge in [0.1, 0.15) is 30.5 Å². The normalized spacial score (nSPS) is 45.1. The van der Waals surface area contributed by atoms with Gasteiger partial charge in [0.15, 0.2) is 12.4 Å². The first kappa shape index (κ1) is 33.2. The zero-order chi connectivity index (χ0) is 31.7. The maximum absolute atomic E-state index is 13.7. The molecule has 1 saturated heterocycles. The predicted octanol–water partition coefficient (Wildman–Crippen LogP) is 4.94. The van der Waals surface area contributed by atoms with E-state index in [1.165, 1.54) is 7.11 Å². The van der Waals surface area contributed by atoms with Crippen LogP contribution in [0.25, 0.3) is 0 Å². The maximum Gasteiger partial charge on any atom is 0.508 e. The first-order chi connectivity index (χ1) is 20.1. The van der Waals surface area contributed by atoms with E-state index in [0.29, 0.717) is 18.8 Å². The highest BCUT2D eigenvalue weighted by molar-refractivity contribution is 6.67. The molecule has 0 aromatic heterocycles. The SMILES string of the molecule is CO[C@H]1[C@@H](O)[C@H](OC(=O)OCC(Cl)(Cl)Cl)[C@H](OCC23CC4C(C)CCC4C4(C=O)CC2C=C(C(C)C)C43C(=O)O)O[C@@H]1C. The largest absolute Gasteiger partial charge is 0.508 e. The van der Waals surface area contributed by atoms with Gasteiger partial charge in [0.05, 0.1) is 18.1 Å². The van der Waals surface area contributed by atoms with Crippen molar-refractivity contribution in [2.75, 3.05) is 20.3 Å². The van der Waals surface area contributed by atoms with Crippen LogP contribution in [-0.4, -0.2) is 83.4 Å². The van der Waals surface area contributed by atoms with Crippen molar-refractivity contribution in [2.24, 2.45) is 45.8 Å². The molecule has 0 aromatic carbocycles. The number of aliphatic hydroxyl groups excluding tert-OH is 1. The van der Waals surface area contributed by atoms with E-state index in [2.05, 4.69) is 13.0 Å². The molecule has 1 aliphatic heterocycles. The highest BCUT2D eigenvalue weighted by Gasteiger charge is 2.84. The lowest BCUT2D eigenvalue weighted by molar-refractivity contribution is -0.307. The Morgan fingerprint density at radius 2 is 1.88 bits per heavy atom. The third-order valence-electron chi connectivity index (χ3n) is 11.2. The smallest absolute Gasteiger partial charge is 0.481 e. The summed E-state index contributed by atoms with van der Waals surface area (Å²) >= 11 is 17.1. The maximum atomic E-state index is 13.7. The average molecular weight is 668 g/mol. The summed E-state index contributed by atoms with van der Waals surface area (Å²) in [5, 5.41) is 22.4. The van der Waals surface area contributed by atoms with Gasteiger partial charge in [-0.1, -0.05) is 73.6 Å². The van der Waals surface area contributed by atoms with Crippen LogP contribution in [0.2, 0.25) is 0 Å². The second kappa shape index (κ2) is 11.6. The molecule has 13 heteroatoms. The summed E-state index contributed by atoms with van der Waals surface area (Å²) in [5.41, 5.74) is -2.70. The summed E-state index contributed by atoms with van der Waals surface area (Å²) in [6, 6.07) is 0. The van der Waals surface area contributed by atoms with Crippen molar-refractivity contribution in [3.05, 3.63) is 11.6 Å². The minimum atomic E-state index is -1.88. The Hall–Kier alpha value is -1.14. The first-order valence-corrected chi connectivity index (χ1v) is 16.0. The minimum Gasteiger partial charge on any atom is -0.481 e. The molecule has 0 spiro atoms. The van der Waals surface area contributed by atoms with E-state index in [4.69, 9.17) is 58.5 Å². The molecule has 10 nitrogen and oxygen atoms in total. The molecule has 0 amide bonds. The van der Waals surface area contributed by atoms with E-state index in [1.807, 2.05) is 13.8 Å². The number of hydrogen-bond acceptors (Lipinski definition) is 9. The second-order valence-electron chi connectivity index (χ2n) is 13.4. The number of carboxylic acid groups (broad SMARTS) is 1. The van der Waals surface area contributed by atoms with Crippen LogP contribution in [0, 0.1) is 45.8 Å². The molecule has 4 aliphatic carbocycles. The molecular formula is C30H41Cl3O10. The highest BCUT2D eigenvalue weighted by Crippen LogP contribution is 2.82. The van der Waals surface area contributed by atoms with E-state index in [1.54, 1.807) is 6.92 Å². The number of carbonyl (C=O) groups excluding carboxylic acids is 2. The zero-order valence-corrected chi connectivity index (χ0v) is 27.2. The summed E-state index contributed by atoms with van der Waals surface area (Å²) in [6.07, 6.45) is -1.08. The van der Waals surface area contributed by atoms with Gasteiger partial charge < -0.3 is 38.7 Å². The minimum absolute atomic E-state index is 0.0318. The Morgan fingerprint density at radius 1 is 1.19 bits per heavy atom. The van der Waals surface area contributed by atoms with E-state index in [-0.39, 0.29) is 30.3 Å². The third kappa shape index (κ3) is 4.84. The molecule has 3 saturated carbocycles. The van der Waals surface area contributed by atoms with Crippen molar-refractivity contribution in [1.29, 1.82) is 0 Å². The fraction of sp³-hybridized carbons (Fsp3) is 0.833. The molecule has 242 valence electrons. The van der Waals surface area contributed by atoms with Gasteiger partial charge >= 0.3 is 12.1 Å². The third-order valence-corrected chi connectivity index (χ3v) is 11.6. The van der Waals surface area contributed by atoms with Crippen LogP contribution in [0.15, 0.2) is 11.6 Å². The Balaban J connectivity index is 1.50. The number of aldehydes is 1. The number of ether oxygens (including phenoxy) is 5. The molecular weight excluding hydrogens is 627 g/mol. The summed E-state index contributed by atoms with van der Waals surface area (Å²) in [5.74, 6) is -0.874. The summed E-state index contributed by atoms with van der Waals surface area (Å²) in [6.45, 7) is 7.10. The number of rotatable bonds is 9. The van der Waals surface area contributed by atoms with Crippen LogP contribution < -0.4 is 0 Å². The van der Waals surface area contributed by atoms with Gasteiger partial charge in [-0.25, -0.2) is 4.79 Å². The van der Waals surface area contributed by atoms with E-state index < -0.39 is 69.5 Å². The molecule has 12 atom stereocenters. The van der Waals surface area contributed by atoms with Crippen molar-refractivity contribution in [3.63, 3.8) is 0 Å². The van der Waals surface area contributed by atoms with Gasteiger partial charge in [-0.2, -0.15) is 0 Å². The number of aliphatic hydroxyl groups is 1. The molecule has 43 heavy (non-hydrogen) atoms. The van der Waals surface area contributed by atoms with Crippen LogP contribution in [0.3, 0.4) is 0 Å².